The molecule has 3 heterocycles. The van der Waals surface area contributed by atoms with Crippen LogP contribution in [0.5, 0.6) is 0 Å². The average Bonchev–Trinajstić information content (AvgIpc) is 3.40. The number of aryl methyl sites for hydroxylation is 1. The van der Waals surface area contributed by atoms with Gasteiger partial charge in [0.1, 0.15) is 6.33 Å². The van der Waals surface area contributed by atoms with Crippen molar-refractivity contribution in [1.82, 2.24) is 19.6 Å². The lowest BCUT2D eigenvalue weighted by atomic mass is 9.77. The van der Waals surface area contributed by atoms with E-state index in [-0.39, 0.29) is 0 Å². The van der Waals surface area contributed by atoms with Crippen molar-refractivity contribution in [3.05, 3.63) is 53.0 Å². The Morgan fingerprint density at radius 3 is 2.58 bits per heavy atom. The zero-order valence-electron chi connectivity index (χ0n) is 19.5. The summed E-state index contributed by atoms with van der Waals surface area (Å²) in [5.41, 5.74) is 10.0. The van der Waals surface area contributed by atoms with Gasteiger partial charge in [-0.2, -0.15) is 5.10 Å². The van der Waals surface area contributed by atoms with Crippen LogP contribution in [0.3, 0.4) is 0 Å². The van der Waals surface area contributed by atoms with Gasteiger partial charge in [0.25, 0.3) is 0 Å². The number of benzene rings is 1. The summed E-state index contributed by atoms with van der Waals surface area (Å²) in [7, 11) is 0. The number of fused-ring (bicyclic) bond motifs is 2. The topological polar surface area (TPSA) is 46.0 Å². The molecule has 1 aromatic carbocycles. The Kier molecular flexibility index (Phi) is 5.11. The van der Waals surface area contributed by atoms with Gasteiger partial charge in [-0.3, -0.25) is 0 Å². The van der Waals surface area contributed by atoms with Crippen LogP contribution in [0.25, 0.3) is 27.8 Å². The lowest BCUT2D eigenvalue weighted by molar-refractivity contribution is 0.319. The summed E-state index contributed by atoms with van der Waals surface area (Å²) < 4.78 is 1.91. The maximum Gasteiger partial charge on any atom is 0.158 e. The first-order valence-electron chi connectivity index (χ1n) is 11.9. The van der Waals surface area contributed by atoms with Crippen LogP contribution in [0, 0.1) is 19.8 Å². The van der Waals surface area contributed by atoms with Gasteiger partial charge in [0.15, 0.2) is 5.65 Å². The molecule has 4 nitrogen and oxygen atoms in total. The van der Waals surface area contributed by atoms with Crippen LogP contribution in [-0.2, 0) is 0 Å². The van der Waals surface area contributed by atoms with Crippen LogP contribution in [0.2, 0.25) is 0 Å². The Bertz CT molecular complexity index is 1240. The Labute approximate surface area is 185 Å². The Morgan fingerprint density at radius 1 is 1.10 bits per heavy atom. The second kappa shape index (κ2) is 7.81. The predicted molar refractivity (Wildman–Crippen MR) is 129 cm³/mol. The number of hydrogen-bond donors (Lipinski definition) is 1. The summed E-state index contributed by atoms with van der Waals surface area (Å²) in [6, 6.07) is 7.16. The van der Waals surface area contributed by atoms with Gasteiger partial charge in [-0.1, -0.05) is 33.3 Å². The largest absolute Gasteiger partial charge is 0.354 e. The molecule has 31 heavy (non-hydrogen) atoms. The average molecular weight is 415 g/mol. The molecule has 1 aliphatic rings. The minimum atomic E-state index is 0.431. The van der Waals surface area contributed by atoms with Crippen molar-refractivity contribution in [1.29, 1.82) is 0 Å². The van der Waals surface area contributed by atoms with Crippen molar-refractivity contribution in [2.45, 2.75) is 78.6 Å². The van der Waals surface area contributed by atoms with Gasteiger partial charge in [0, 0.05) is 22.7 Å². The molecule has 0 aliphatic heterocycles. The standard InChI is InChI=1S/C27H34N4/c1-6-19-7-9-20(10-8-19)21-11-12-24-22(13-21)25(16(2)3)26(30-24)23-14-31-27(28-15-29-31)18(5)17(23)4/h11-16,19-20,30H,6-10H2,1-5H3. The first kappa shape index (κ1) is 20.3. The van der Waals surface area contributed by atoms with Crippen LogP contribution in [-0.4, -0.2) is 19.6 Å². The highest BCUT2D eigenvalue weighted by Crippen LogP contribution is 2.41. The van der Waals surface area contributed by atoms with E-state index in [2.05, 4.69) is 74.1 Å². The molecule has 0 amide bonds. The molecule has 3 aromatic heterocycles. The third-order valence-electron chi connectivity index (χ3n) is 7.73. The predicted octanol–water partition coefficient (Wildman–Crippen LogP) is 7.30. The molecule has 1 fully saturated rings. The minimum absolute atomic E-state index is 0.431. The van der Waals surface area contributed by atoms with Gasteiger partial charge in [0.05, 0.1) is 5.69 Å². The second-order valence-corrected chi connectivity index (χ2v) is 9.82. The van der Waals surface area contributed by atoms with Gasteiger partial charge >= 0.3 is 0 Å². The zero-order valence-corrected chi connectivity index (χ0v) is 19.5. The van der Waals surface area contributed by atoms with E-state index in [1.807, 2.05) is 4.52 Å². The Hall–Kier alpha value is -2.62. The van der Waals surface area contributed by atoms with Crippen LogP contribution in [0.15, 0.2) is 30.7 Å². The maximum atomic E-state index is 4.43. The molecule has 4 heteroatoms. The van der Waals surface area contributed by atoms with E-state index in [1.54, 1.807) is 6.33 Å². The molecule has 0 bridgehead atoms. The van der Waals surface area contributed by atoms with Crippen molar-refractivity contribution < 1.29 is 0 Å². The molecule has 0 atom stereocenters. The smallest absolute Gasteiger partial charge is 0.158 e. The third-order valence-corrected chi connectivity index (χ3v) is 7.73. The van der Waals surface area contributed by atoms with Gasteiger partial charge in [-0.15, -0.1) is 0 Å². The number of rotatable bonds is 4. The molecule has 0 unspecified atom stereocenters. The summed E-state index contributed by atoms with van der Waals surface area (Å²) in [5.74, 6) is 2.07. The second-order valence-electron chi connectivity index (χ2n) is 9.82. The van der Waals surface area contributed by atoms with Crippen LogP contribution in [0.4, 0.5) is 0 Å². The van der Waals surface area contributed by atoms with Gasteiger partial charge < -0.3 is 4.98 Å². The van der Waals surface area contributed by atoms with Crippen molar-refractivity contribution in [3.63, 3.8) is 0 Å². The van der Waals surface area contributed by atoms with E-state index in [1.165, 1.54) is 76.5 Å². The summed E-state index contributed by atoms with van der Waals surface area (Å²) >= 11 is 0. The van der Waals surface area contributed by atoms with Gasteiger partial charge in [-0.05, 0) is 91.7 Å². The number of aromatic amines is 1. The molecular formula is C27H34N4. The van der Waals surface area contributed by atoms with E-state index >= 15 is 0 Å². The van der Waals surface area contributed by atoms with E-state index in [0.29, 0.717) is 11.8 Å². The van der Waals surface area contributed by atoms with Crippen molar-refractivity contribution in [2.75, 3.05) is 0 Å². The first-order chi connectivity index (χ1) is 15.0. The molecule has 1 N–H and O–H groups in total. The van der Waals surface area contributed by atoms with E-state index in [4.69, 9.17) is 0 Å². The van der Waals surface area contributed by atoms with Crippen LogP contribution >= 0.6 is 0 Å². The summed E-state index contributed by atoms with van der Waals surface area (Å²) in [6.07, 6.45) is 10.5. The zero-order chi connectivity index (χ0) is 21.7. The molecule has 162 valence electrons. The molecule has 0 spiro atoms. The molecule has 0 saturated heterocycles. The fourth-order valence-corrected chi connectivity index (χ4v) is 5.65. The van der Waals surface area contributed by atoms with Crippen molar-refractivity contribution >= 4 is 16.6 Å². The Balaban J connectivity index is 1.63. The van der Waals surface area contributed by atoms with Gasteiger partial charge in [0.2, 0.25) is 0 Å². The summed E-state index contributed by atoms with van der Waals surface area (Å²) in [4.78, 5) is 8.20. The SMILES string of the molecule is CCC1CCC(c2ccc3[nH]c(-c4cn5ncnc5c(C)c4C)c(C(C)C)c3c2)CC1. The first-order valence-corrected chi connectivity index (χ1v) is 11.9. The van der Waals surface area contributed by atoms with Crippen LogP contribution < -0.4 is 0 Å². The summed E-state index contributed by atoms with van der Waals surface area (Å²) in [5, 5.41) is 5.80. The van der Waals surface area contributed by atoms with Crippen LogP contribution in [0.1, 0.15) is 87.0 Å². The molecule has 1 saturated carbocycles. The molecule has 5 rings (SSSR count). The lowest BCUT2D eigenvalue weighted by Gasteiger charge is -2.28. The third kappa shape index (κ3) is 3.37. The molecule has 4 aromatic rings. The highest BCUT2D eigenvalue weighted by molar-refractivity contribution is 5.92. The van der Waals surface area contributed by atoms with E-state index in [0.717, 1.165) is 11.6 Å². The molecule has 1 aliphatic carbocycles. The van der Waals surface area contributed by atoms with Crippen molar-refractivity contribution in [3.8, 4) is 11.3 Å². The normalized spacial score (nSPS) is 19.7. The number of pyridine rings is 1. The van der Waals surface area contributed by atoms with Gasteiger partial charge in [-0.25, -0.2) is 9.50 Å². The number of hydrogen-bond acceptors (Lipinski definition) is 2. The number of nitrogens with zero attached hydrogens (tertiary/aromatic N) is 3. The maximum absolute atomic E-state index is 4.43. The number of H-pyrrole nitrogens is 1. The highest BCUT2D eigenvalue weighted by Gasteiger charge is 2.24. The monoisotopic (exact) mass is 414 g/mol. The highest BCUT2D eigenvalue weighted by atomic mass is 15.3. The number of nitrogens with one attached hydrogen (secondary N) is 1. The Morgan fingerprint density at radius 2 is 1.87 bits per heavy atom. The number of aromatic nitrogens is 4. The van der Waals surface area contributed by atoms with E-state index < -0.39 is 0 Å². The lowest BCUT2D eigenvalue weighted by Crippen LogP contribution is -2.12. The fraction of sp³-hybridized carbons (Fsp3) is 0.481. The minimum Gasteiger partial charge on any atom is -0.354 e. The summed E-state index contributed by atoms with van der Waals surface area (Å²) in [6.45, 7) is 11.3. The fourth-order valence-electron chi connectivity index (χ4n) is 5.65. The van der Waals surface area contributed by atoms with E-state index in [9.17, 15) is 0 Å². The molecular weight excluding hydrogens is 380 g/mol. The van der Waals surface area contributed by atoms with Crippen molar-refractivity contribution in [2.24, 2.45) is 5.92 Å². The quantitative estimate of drug-likeness (QED) is 0.381. The molecule has 0 radical (unpaired) electrons.